The predicted octanol–water partition coefficient (Wildman–Crippen LogP) is 5.49. The molecule has 0 saturated heterocycles. The fourth-order valence-corrected chi connectivity index (χ4v) is 3.25. The third-order valence-electron chi connectivity index (χ3n) is 4.14. The lowest BCUT2D eigenvalue weighted by atomic mass is 10.0. The van der Waals surface area contributed by atoms with E-state index in [9.17, 15) is 14.9 Å². The second-order valence-corrected chi connectivity index (χ2v) is 7.34. The molecule has 1 amide bonds. The van der Waals surface area contributed by atoms with Crippen LogP contribution in [0.4, 0.5) is 10.8 Å². The summed E-state index contributed by atoms with van der Waals surface area (Å²) in [7, 11) is 0. The number of aromatic nitrogens is 1. The number of thiazole rings is 1. The van der Waals surface area contributed by atoms with E-state index in [4.69, 9.17) is 0 Å². The number of amides is 1. The minimum atomic E-state index is -0.462. The van der Waals surface area contributed by atoms with Crippen LogP contribution in [0.2, 0.25) is 0 Å². The number of hydrogen-bond acceptors (Lipinski definition) is 5. The van der Waals surface area contributed by atoms with Gasteiger partial charge in [-0.05, 0) is 35.3 Å². The molecule has 3 aromatic rings. The number of non-ortho nitro benzene ring substituents is 1. The van der Waals surface area contributed by atoms with Crippen LogP contribution in [-0.2, 0) is 4.79 Å². The first-order chi connectivity index (χ1) is 13.4. The van der Waals surface area contributed by atoms with Gasteiger partial charge in [-0.2, -0.15) is 0 Å². The van der Waals surface area contributed by atoms with E-state index >= 15 is 0 Å². The van der Waals surface area contributed by atoms with Gasteiger partial charge in [-0.1, -0.05) is 38.1 Å². The maximum absolute atomic E-state index is 12.1. The van der Waals surface area contributed by atoms with Crippen molar-refractivity contribution in [2.45, 2.75) is 19.8 Å². The van der Waals surface area contributed by atoms with E-state index in [2.05, 4.69) is 36.3 Å². The summed E-state index contributed by atoms with van der Waals surface area (Å²) in [5, 5.41) is 15.8. The van der Waals surface area contributed by atoms with Crippen molar-refractivity contribution in [1.29, 1.82) is 0 Å². The summed E-state index contributed by atoms with van der Waals surface area (Å²) in [4.78, 5) is 26.7. The second-order valence-electron chi connectivity index (χ2n) is 6.49. The molecule has 3 rings (SSSR count). The van der Waals surface area contributed by atoms with E-state index in [-0.39, 0.29) is 11.6 Å². The average molecular weight is 393 g/mol. The van der Waals surface area contributed by atoms with Crippen molar-refractivity contribution >= 4 is 34.1 Å². The summed E-state index contributed by atoms with van der Waals surface area (Å²) >= 11 is 1.36. The molecule has 142 valence electrons. The maximum atomic E-state index is 12.1. The van der Waals surface area contributed by atoms with Gasteiger partial charge in [0.05, 0.1) is 10.6 Å². The monoisotopic (exact) mass is 393 g/mol. The van der Waals surface area contributed by atoms with Crippen LogP contribution in [-0.4, -0.2) is 15.8 Å². The number of carbonyl (C=O) groups is 1. The number of anilines is 1. The number of nitrogens with one attached hydrogen (secondary N) is 1. The lowest BCUT2D eigenvalue weighted by Gasteiger charge is -2.05. The van der Waals surface area contributed by atoms with Gasteiger partial charge in [-0.3, -0.25) is 20.2 Å². The zero-order valence-electron chi connectivity index (χ0n) is 15.5. The topological polar surface area (TPSA) is 85.1 Å². The smallest absolute Gasteiger partial charge is 0.269 e. The Labute approximate surface area is 166 Å². The van der Waals surface area contributed by atoms with Gasteiger partial charge in [-0.25, -0.2) is 4.98 Å². The molecule has 0 aliphatic carbocycles. The zero-order valence-corrected chi connectivity index (χ0v) is 16.3. The highest BCUT2D eigenvalue weighted by molar-refractivity contribution is 7.14. The molecule has 2 aromatic carbocycles. The van der Waals surface area contributed by atoms with Crippen LogP contribution in [0.1, 0.15) is 30.9 Å². The van der Waals surface area contributed by atoms with Gasteiger partial charge in [-0.15, -0.1) is 11.3 Å². The molecule has 0 aliphatic rings. The van der Waals surface area contributed by atoms with Crippen molar-refractivity contribution in [2.24, 2.45) is 0 Å². The zero-order chi connectivity index (χ0) is 20.1. The van der Waals surface area contributed by atoms with E-state index in [0.29, 0.717) is 16.6 Å². The third-order valence-corrected chi connectivity index (χ3v) is 4.90. The van der Waals surface area contributed by atoms with Gasteiger partial charge in [0, 0.05) is 29.2 Å². The Balaban J connectivity index is 1.62. The van der Waals surface area contributed by atoms with Gasteiger partial charge >= 0.3 is 0 Å². The normalized spacial score (nSPS) is 11.1. The third kappa shape index (κ3) is 4.89. The maximum Gasteiger partial charge on any atom is 0.269 e. The van der Waals surface area contributed by atoms with Gasteiger partial charge < -0.3 is 0 Å². The Hall–Kier alpha value is -3.32. The van der Waals surface area contributed by atoms with Crippen molar-refractivity contribution in [3.63, 3.8) is 0 Å². The summed E-state index contributed by atoms with van der Waals surface area (Å²) in [5.74, 6) is 0.163. The number of benzene rings is 2. The standard InChI is InChI=1S/C21H19N3O3S/c1-14(2)16-6-8-17(9-7-16)19-13-28-21(22-19)23-20(25)12-5-15-3-10-18(11-4-15)24(26)27/h3-14H,1-2H3,(H,22,23,25). The number of hydrogen-bond donors (Lipinski definition) is 1. The Bertz CT molecular complexity index is 1010. The molecular formula is C21H19N3O3S. The van der Waals surface area contributed by atoms with Crippen molar-refractivity contribution < 1.29 is 9.72 Å². The quantitative estimate of drug-likeness (QED) is 0.341. The molecule has 28 heavy (non-hydrogen) atoms. The van der Waals surface area contributed by atoms with Crippen molar-refractivity contribution in [2.75, 3.05) is 5.32 Å². The number of rotatable bonds is 6. The molecule has 1 N–H and O–H groups in total. The first-order valence-electron chi connectivity index (χ1n) is 8.72. The molecule has 7 heteroatoms. The molecule has 0 unspecified atom stereocenters. The van der Waals surface area contributed by atoms with Gasteiger partial charge in [0.1, 0.15) is 0 Å². The molecule has 0 spiro atoms. The molecule has 0 bridgehead atoms. The summed E-state index contributed by atoms with van der Waals surface area (Å²) < 4.78 is 0. The number of carbonyl (C=O) groups excluding carboxylic acids is 1. The molecule has 6 nitrogen and oxygen atoms in total. The van der Waals surface area contributed by atoms with Gasteiger partial charge in [0.25, 0.3) is 5.69 Å². The van der Waals surface area contributed by atoms with Crippen molar-refractivity contribution in [3.05, 3.63) is 81.2 Å². The van der Waals surface area contributed by atoms with Crippen molar-refractivity contribution in [3.8, 4) is 11.3 Å². The summed E-state index contributed by atoms with van der Waals surface area (Å²) in [6, 6.07) is 14.2. The molecule has 1 heterocycles. The van der Waals surface area contributed by atoms with Crippen LogP contribution < -0.4 is 5.32 Å². The van der Waals surface area contributed by atoms with Gasteiger partial charge in [0.15, 0.2) is 5.13 Å². The van der Waals surface area contributed by atoms with E-state index in [1.54, 1.807) is 18.2 Å². The highest BCUT2D eigenvalue weighted by Crippen LogP contribution is 2.26. The van der Waals surface area contributed by atoms with Crippen LogP contribution in [0.25, 0.3) is 17.3 Å². The van der Waals surface area contributed by atoms with Crippen LogP contribution >= 0.6 is 11.3 Å². The Kier molecular flexibility index (Phi) is 5.96. The highest BCUT2D eigenvalue weighted by atomic mass is 32.1. The number of nitro benzene ring substituents is 1. The molecule has 1 aromatic heterocycles. The van der Waals surface area contributed by atoms with Crippen molar-refractivity contribution in [1.82, 2.24) is 4.98 Å². The molecule has 0 fully saturated rings. The minimum Gasteiger partial charge on any atom is -0.298 e. The lowest BCUT2D eigenvalue weighted by Crippen LogP contribution is -2.07. The second kappa shape index (κ2) is 8.58. The van der Waals surface area contributed by atoms with E-state index in [1.807, 2.05) is 17.5 Å². The fraction of sp³-hybridized carbons (Fsp3) is 0.143. The molecule has 0 radical (unpaired) electrons. The summed E-state index contributed by atoms with van der Waals surface area (Å²) in [6.07, 6.45) is 2.97. The fourth-order valence-electron chi connectivity index (χ4n) is 2.53. The minimum absolute atomic E-state index is 0.0124. The number of nitro groups is 1. The van der Waals surface area contributed by atoms with Crippen LogP contribution in [0, 0.1) is 10.1 Å². The van der Waals surface area contributed by atoms with E-state index < -0.39 is 4.92 Å². The molecular weight excluding hydrogens is 374 g/mol. The summed E-state index contributed by atoms with van der Waals surface area (Å²) in [5.41, 5.74) is 3.80. The molecule has 0 aliphatic heterocycles. The Morgan fingerprint density at radius 2 is 1.82 bits per heavy atom. The summed E-state index contributed by atoms with van der Waals surface area (Å²) in [6.45, 7) is 4.30. The first kappa shape index (κ1) is 19.4. The molecule has 0 saturated carbocycles. The number of nitrogens with zero attached hydrogens (tertiary/aromatic N) is 2. The first-order valence-corrected chi connectivity index (χ1v) is 9.60. The van der Waals surface area contributed by atoms with Gasteiger partial charge in [0.2, 0.25) is 5.91 Å². The van der Waals surface area contributed by atoms with Crippen LogP contribution in [0.3, 0.4) is 0 Å². The van der Waals surface area contributed by atoms with E-state index in [1.165, 1.54) is 35.1 Å². The lowest BCUT2D eigenvalue weighted by molar-refractivity contribution is -0.384. The average Bonchev–Trinajstić information content (AvgIpc) is 3.15. The highest BCUT2D eigenvalue weighted by Gasteiger charge is 2.08. The largest absolute Gasteiger partial charge is 0.298 e. The molecule has 0 atom stereocenters. The predicted molar refractivity (Wildman–Crippen MR) is 112 cm³/mol. The Morgan fingerprint density at radius 3 is 2.43 bits per heavy atom. The van der Waals surface area contributed by atoms with Crippen LogP contribution in [0.15, 0.2) is 60.0 Å². The SMILES string of the molecule is CC(C)c1ccc(-c2csc(NC(=O)C=Cc3ccc([N+](=O)[O-])cc3)n2)cc1. The Morgan fingerprint density at radius 1 is 1.14 bits per heavy atom. The van der Waals surface area contributed by atoms with E-state index in [0.717, 1.165) is 11.3 Å². The van der Waals surface area contributed by atoms with Crippen LogP contribution in [0.5, 0.6) is 0 Å².